The van der Waals surface area contributed by atoms with Gasteiger partial charge in [-0.2, -0.15) is 10.5 Å². The fraction of sp³-hybridized carbons (Fsp3) is 0.438. The molecule has 1 aliphatic carbocycles. The van der Waals surface area contributed by atoms with E-state index in [-0.39, 0.29) is 5.84 Å². The molecule has 3 unspecified atom stereocenters. The number of nitrogens with zero attached hydrogens (tertiary/aromatic N) is 3. The van der Waals surface area contributed by atoms with Crippen LogP contribution < -0.4 is 10.5 Å². The Morgan fingerprint density at radius 2 is 1.87 bits per heavy atom. The number of hydrogen-bond acceptors (Lipinski definition) is 7. The van der Waals surface area contributed by atoms with Gasteiger partial charge in [0.15, 0.2) is 5.41 Å². The van der Waals surface area contributed by atoms with Crippen LogP contribution in [0.2, 0.25) is 0 Å². The van der Waals surface area contributed by atoms with E-state index in [4.69, 9.17) is 19.9 Å². The predicted molar refractivity (Wildman–Crippen MR) is 78.1 cm³/mol. The minimum atomic E-state index is -1.48. The summed E-state index contributed by atoms with van der Waals surface area (Å²) in [6.07, 6.45) is 0. The van der Waals surface area contributed by atoms with Crippen LogP contribution in [-0.2, 0) is 9.47 Å². The summed E-state index contributed by atoms with van der Waals surface area (Å²) in [7, 11) is 1.58. The first kappa shape index (κ1) is 14.0. The van der Waals surface area contributed by atoms with Gasteiger partial charge >= 0.3 is 0 Å². The third-order valence-electron chi connectivity index (χ3n) is 5.06. The lowest BCUT2D eigenvalue weighted by atomic mass is 9.94. The molecule has 2 N–H and O–H groups in total. The highest BCUT2D eigenvalue weighted by Crippen LogP contribution is 2.82. The second-order valence-electron chi connectivity index (χ2n) is 5.82. The summed E-state index contributed by atoms with van der Waals surface area (Å²) in [5, 5.41) is 19.7. The molecule has 4 rings (SSSR count). The number of nitrogens with two attached hydrogens (primary N) is 1. The van der Waals surface area contributed by atoms with E-state index in [2.05, 4.69) is 17.1 Å². The van der Waals surface area contributed by atoms with Gasteiger partial charge in [0, 0.05) is 5.92 Å². The maximum atomic E-state index is 9.92. The second kappa shape index (κ2) is 4.23. The van der Waals surface area contributed by atoms with Gasteiger partial charge in [-0.1, -0.05) is 12.1 Å². The highest BCUT2D eigenvalue weighted by atomic mass is 16.8. The van der Waals surface area contributed by atoms with E-state index in [1.54, 1.807) is 19.2 Å². The number of benzene rings is 1. The van der Waals surface area contributed by atoms with Crippen LogP contribution in [-0.4, -0.2) is 32.1 Å². The molecule has 1 aromatic rings. The van der Waals surface area contributed by atoms with Crippen molar-refractivity contribution in [3.63, 3.8) is 0 Å². The second-order valence-corrected chi connectivity index (χ2v) is 5.82. The molecule has 3 aliphatic rings. The van der Waals surface area contributed by atoms with Crippen molar-refractivity contribution >= 4 is 5.84 Å². The summed E-state index contributed by atoms with van der Waals surface area (Å²) in [6, 6.07) is 11.7. The van der Waals surface area contributed by atoms with Gasteiger partial charge in [0.2, 0.25) is 0 Å². The van der Waals surface area contributed by atoms with Gasteiger partial charge in [-0.25, -0.2) is 4.99 Å². The Balaban J connectivity index is 1.87. The molecule has 2 aliphatic heterocycles. The van der Waals surface area contributed by atoms with E-state index in [1.807, 2.05) is 12.1 Å². The summed E-state index contributed by atoms with van der Waals surface area (Å²) < 4.78 is 16.5. The van der Waals surface area contributed by atoms with E-state index < -0.39 is 22.7 Å². The van der Waals surface area contributed by atoms with Gasteiger partial charge in [-0.3, -0.25) is 0 Å². The van der Waals surface area contributed by atoms with Gasteiger partial charge in [0.05, 0.1) is 32.5 Å². The number of aliphatic imine (C=N–C) groups is 1. The van der Waals surface area contributed by atoms with Crippen molar-refractivity contribution in [2.75, 3.05) is 20.3 Å². The molecule has 0 amide bonds. The molecule has 0 aromatic heterocycles. The van der Waals surface area contributed by atoms with Crippen LogP contribution in [0.5, 0.6) is 5.75 Å². The zero-order valence-electron chi connectivity index (χ0n) is 12.4. The molecule has 7 nitrogen and oxygen atoms in total. The van der Waals surface area contributed by atoms with Crippen molar-refractivity contribution in [1.82, 2.24) is 0 Å². The molecule has 0 bridgehead atoms. The third kappa shape index (κ3) is 1.29. The van der Waals surface area contributed by atoms with Gasteiger partial charge in [-0.15, -0.1) is 0 Å². The Bertz CT molecular complexity index is 785. The Kier molecular flexibility index (Phi) is 2.57. The highest BCUT2D eigenvalue weighted by Gasteiger charge is 2.94. The molecule has 3 atom stereocenters. The zero-order valence-corrected chi connectivity index (χ0v) is 12.4. The molecular weight excluding hydrogens is 296 g/mol. The number of fused-ring (bicyclic) bond motifs is 2. The van der Waals surface area contributed by atoms with Gasteiger partial charge < -0.3 is 19.9 Å². The molecular formula is C16H14N4O3. The van der Waals surface area contributed by atoms with Crippen LogP contribution in [0.25, 0.3) is 0 Å². The number of rotatable bonds is 2. The van der Waals surface area contributed by atoms with Crippen LogP contribution in [0.15, 0.2) is 29.3 Å². The van der Waals surface area contributed by atoms with Crippen molar-refractivity contribution in [2.45, 2.75) is 11.8 Å². The summed E-state index contributed by atoms with van der Waals surface area (Å²) in [5.74, 6) is -1.14. The predicted octanol–water partition coefficient (Wildman–Crippen LogP) is 0.884. The summed E-state index contributed by atoms with van der Waals surface area (Å²) in [6.45, 7) is 0.633. The lowest BCUT2D eigenvalue weighted by Gasteiger charge is -2.25. The first-order chi connectivity index (χ1) is 11.1. The minimum absolute atomic E-state index is 0.101. The molecule has 116 valence electrons. The van der Waals surface area contributed by atoms with Gasteiger partial charge in [-0.05, 0) is 17.7 Å². The molecule has 2 fully saturated rings. The van der Waals surface area contributed by atoms with E-state index in [9.17, 15) is 10.5 Å². The minimum Gasteiger partial charge on any atom is -0.497 e. The molecule has 23 heavy (non-hydrogen) atoms. The summed E-state index contributed by atoms with van der Waals surface area (Å²) >= 11 is 0. The van der Waals surface area contributed by atoms with Crippen molar-refractivity contribution in [3.05, 3.63) is 29.8 Å². The van der Waals surface area contributed by atoms with Crippen LogP contribution in [0.4, 0.5) is 0 Å². The van der Waals surface area contributed by atoms with Crippen LogP contribution in [0.3, 0.4) is 0 Å². The van der Waals surface area contributed by atoms with Crippen molar-refractivity contribution in [2.24, 2.45) is 21.6 Å². The van der Waals surface area contributed by atoms with Crippen LogP contribution in [0.1, 0.15) is 11.5 Å². The Morgan fingerprint density at radius 1 is 1.22 bits per heavy atom. The average molecular weight is 310 g/mol. The Hall–Kier alpha value is -2.61. The van der Waals surface area contributed by atoms with Crippen molar-refractivity contribution < 1.29 is 14.2 Å². The normalized spacial score (nSPS) is 36.0. The van der Waals surface area contributed by atoms with E-state index in [0.29, 0.717) is 19.0 Å². The number of nitriles is 2. The number of hydrogen-bond donors (Lipinski definition) is 1. The van der Waals surface area contributed by atoms with Gasteiger partial charge in [0.1, 0.15) is 17.0 Å². The largest absolute Gasteiger partial charge is 0.497 e. The Morgan fingerprint density at radius 3 is 2.39 bits per heavy atom. The fourth-order valence-corrected chi connectivity index (χ4v) is 4.01. The fourth-order valence-electron chi connectivity index (χ4n) is 4.01. The summed E-state index contributed by atoms with van der Waals surface area (Å²) in [5.41, 5.74) is 4.39. The van der Waals surface area contributed by atoms with Crippen LogP contribution in [0, 0.1) is 33.5 Å². The molecule has 2 heterocycles. The van der Waals surface area contributed by atoms with Crippen molar-refractivity contribution in [3.8, 4) is 17.9 Å². The molecule has 0 radical (unpaired) electrons. The third-order valence-corrected chi connectivity index (χ3v) is 5.06. The summed E-state index contributed by atoms with van der Waals surface area (Å²) in [4.78, 5) is 4.23. The van der Waals surface area contributed by atoms with E-state index >= 15 is 0 Å². The average Bonchev–Trinajstić information content (AvgIpc) is 2.83. The lowest BCUT2D eigenvalue weighted by Crippen LogP contribution is -2.38. The Labute approximate surface area is 132 Å². The van der Waals surface area contributed by atoms with E-state index in [0.717, 1.165) is 5.56 Å². The standard InChI is InChI=1S/C16H14N4O3/c1-21-11-4-2-10(3-5-11)12-14(8-17)13(19)20-16(15(12,14)9-18)22-6-7-23-16/h2-5,12H,6-7H2,1H3,(H2,19,20). The topological polar surface area (TPSA) is 114 Å². The first-order valence-electron chi connectivity index (χ1n) is 7.22. The monoisotopic (exact) mass is 310 g/mol. The molecule has 1 spiro atoms. The highest BCUT2D eigenvalue weighted by molar-refractivity contribution is 6.00. The van der Waals surface area contributed by atoms with Crippen LogP contribution >= 0.6 is 0 Å². The first-order valence-corrected chi connectivity index (χ1v) is 7.22. The van der Waals surface area contributed by atoms with Gasteiger partial charge in [0.25, 0.3) is 5.91 Å². The smallest absolute Gasteiger partial charge is 0.293 e. The number of ether oxygens (including phenoxy) is 3. The molecule has 1 aromatic carbocycles. The quantitative estimate of drug-likeness (QED) is 0.867. The molecule has 1 saturated heterocycles. The number of methoxy groups -OCH3 is 1. The molecule has 7 heteroatoms. The number of amidine groups is 1. The maximum absolute atomic E-state index is 9.92. The zero-order chi connectivity index (χ0) is 16.3. The maximum Gasteiger partial charge on any atom is 0.293 e. The molecule has 1 saturated carbocycles. The lowest BCUT2D eigenvalue weighted by molar-refractivity contribution is -0.184. The van der Waals surface area contributed by atoms with E-state index in [1.165, 1.54) is 0 Å². The SMILES string of the molecule is COc1ccc(C2C3(C#N)C(N)=NC4(OCCO4)C23C#N)cc1. The van der Waals surface area contributed by atoms with Crippen molar-refractivity contribution in [1.29, 1.82) is 10.5 Å².